The summed E-state index contributed by atoms with van der Waals surface area (Å²) in [7, 11) is 0. The molecule has 1 amide bonds. The molecular weight excluding hydrogens is 426 g/mol. The van der Waals surface area contributed by atoms with Crippen LogP contribution in [0, 0.1) is 0 Å². The van der Waals surface area contributed by atoms with Crippen LogP contribution >= 0.6 is 0 Å². The predicted octanol–water partition coefficient (Wildman–Crippen LogP) is 4.81. The van der Waals surface area contributed by atoms with Crippen molar-refractivity contribution in [3.8, 4) is 5.75 Å². The lowest BCUT2D eigenvalue weighted by Gasteiger charge is -2.22. The predicted molar refractivity (Wildman–Crippen MR) is 126 cm³/mol. The Morgan fingerprint density at radius 1 is 0.970 bits per heavy atom. The van der Waals surface area contributed by atoms with Crippen molar-refractivity contribution >= 4 is 12.1 Å². The molecule has 0 spiro atoms. The van der Waals surface area contributed by atoms with E-state index in [0.717, 1.165) is 37.0 Å². The number of nitrogens with one attached hydrogen (secondary N) is 1. The highest BCUT2D eigenvalue weighted by Crippen LogP contribution is 2.20. The van der Waals surface area contributed by atoms with E-state index in [1.807, 2.05) is 52.0 Å². The van der Waals surface area contributed by atoms with Gasteiger partial charge >= 0.3 is 12.1 Å². The lowest BCUT2D eigenvalue weighted by molar-refractivity contribution is -0.148. The van der Waals surface area contributed by atoms with E-state index in [9.17, 15) is 9.59 Å². The Balaban J connectivity index is 2.10. The highest BCUT2D eigenvalue weighted by Gasteiger charge is 2.18. The van der Waals surface area contributed by atoms with Crippen LogP contribution in [0.2, 0.25) is 0 Å². The highest BCUT2D eigenvalue weighted by molar-refractivity contribution is 5.70. The van der Waals surface area contributed by atoms with Gasteiger partial charge in [-0.1, -0.05) is 18.6 Å². The fraction of sp³-hybridized carbons (Fsp3) is 0.680. The number of alkyl carbamates (subject to hydrolysis) is 1. The van der Waals surface area contributed by atoms with Gasteiger partial charge in [-0.15, -0.1) is 0 Å². The third-order valence-corrected chi connectivity index (χ3v) is 4.44. The fourth-order valence-electron chi connectivity index (χ4n) is 2.87. The van der Waals surface area contributed by atoms with Crippen LogP contribution in [0.5, 0.6) is 5.75 Å². The minimum Gasteiger partial charge on any atom is -0.494 e. The molecule has 0 fully saturated rings. The van der Waals surface area contributed by atoms with Crippen molar-refractivity contribution in [1.29, 1.82) is 0 Å². The van der Waals surface area contributed by atoms with Gasteiger partial charge in [0.15, 0.2) is 0 Å². The summed E-state index contributed by atoms with van der Waals surface area (Å²) < 4.78 is 26.6. The first kappa shape index (κ1) is 28.7. The average Bonchev–Trinajstić information content (AvgIpc) is 2.73. The first-order chi connectivity index (χ1) is 15.7. The van der Waals surface area contributed by atoms with Crippen molar-refractivity contribution < 1.29 is 33.3 Å². The van der Waals surface area contributed by atoms with Crippen LogP contribution in [0.3, 0.4) is 0 Å². The summed E-state index contributed by atoms with van der Waals surface area (Å²) in [6.07, 6.45) is 3.61. The first-order valence-corrected chi connectivity index (χ1v) is 11.7. The Morgan fingerprint density at radius 3 is 2.36 bits per heavy atom. The van der Waals surface area contributed by atoms with E-state index < -0.39 is 11.7 Å². The van der Waals surface area contributed by atoms with Crippen molar-refractivity contribution in [2.45, 2.75) is 71.9 Å². The lowest BCUT2D eigenvalue weighted by atomic mass is 10.1. The Morgan fingerprint density at radius 2 is 1.67 bits per heavy atom. The Labute approximate surface area is 198 Å². The van der Waals surface area contributed by atoms with Gasteiger partial charge in [0.05, 0.1) is 32.5 Å². The van der Waals surface area contributed by atoms with Gasteiger partial charge < -0.3 is 29.0 Å². The maximum absolute atomic E-state index is 12.0. The Bertz CT molecular complexity index is 688. The molecule has 1 aromatic rings. The summed E-state index contributed by atoms with van der Waals surface area (Å²) in [6, 6.07) is 7.56. The first-order valence-electron chi connectivity index (χ1n) is 11.7. The monoisotopic (exact) mass is 467 g/mol. The third kappa shape index (κ3) is 15.2. The highest BCUT2D eigenvalue weighted by atomic mass is 16.6. The van der Waals surface area contributed by atoms with E-state index in [1.165, 1.54) is 0 Å². The molecule has 8 nitrogen and oxygen atoms in total. The molecule has 0 aromatic heterocycles. The zero-order valence-corrected chi connectivity index (χ0v) is 20.8. The molecule has 1 aromatic carbocycles. The molecule has 0 radical (unpaired) electrons. The molecule has 0 aliphatic rings. The minimum atomic E-state index is -0.527. The molecule has 1 rings (SSSR count). The van der Waals surface area contributed by atoms with Gasteiger partial charge in [-0.25, -0.2) is 9.59 Å². The van der Waals surface area contributed by atoms with Gasteiger partial charge in [0, 0.05) is 6.61 Å². The maximum Gasteiger partial charge on any atom is 0.408 e. The maximum atomic E-state index is 12.0. The van der Waals surface area contributed by atoms with E-state index in [0.29, 0.717) is 33.0 Å². The fourth-order valence-corrected chi connectivity index (χ4v) is 2.87. The van der Waals surface area contributed by atoms with Crippen molar-refractivity contribution in [3.05, 3.63) is 29.8 Å². The SMILES string of the molecule is CCOC(=O)COCCOCCCCCCOc1cccc([C@H](C)NC(=O)OC(C)(C)C)c1. The van der Waals surface area contributed by atoms with Gasteiger partial charge in [-0.3, -0.25) is 0 Å². The number of hydrogen-bond donors (Lipinski definition) is 1. The van der Waals surface area contributed by atoms with Gasteiger partial charge in [0.25, 0.3) is 0 Å². The normalized spacial score (nSPS) is 12.2. The Hall–Kier alpha value is -2.32. The molecule has 1 atom stereocenters. The molecule has 0 heterocycles. The van der Waals surface area contributed by atoms with Crippen molar-refractivity contribution in [2.75, 3.05) is 39.6 Å². The molecule has 33 heavy (non-hydrogen) atoms. The molecular formula is C25H41NO7. The summed E-state index contributed by atoms with van der Waals surface area (Å²) >= 11 is 0. The molecule has 8 heteroatoms. The summed E-state index contributed by atoms with van der Waals surface area (Å²) in [5, 5.41) is 2.84. The van der Waals surface area contributed by atoms with Gasteiger partial charge in [0.2, 0.25) is 0 Å². The third-order valence-electron chi connectivity index (χ3n) is 4.44. The topological polar surface area (TPSA) is 92.3 Å². The molecule has 0 bridgehead atoms. The zero-order chi connectivity index (χ0) is 24.5. The van der Waals surface area contributed by atoms with Crippen LogP contribution in [0.4, 0.5) is 4.79 Å². The number of benzene rings is 1. The van der Waals surface area contributed by atoms with Gasteiger partial charge in [-0.2, -0.15) is 0 Å². The molecule has 188 valence electrons. The van der Waals surface area contributed by atoms with Gasteiger partial charge in [-0.05, 0) is 71.6 Å². The van der Waals surface area contributed by atoms with Crippen LogP contribution in [0.25, 0.3) is 0 Å². The smallest absolute Gasteiger partial charge is 0.408 e. The molecule has 0 unspecified atom stereocenters. The summed E-state index contributed by atoms with van der Waals surface area (Å²) in [5.74, 6) is 0.440. The van der Waals surface area contributed by atoms with Crippen LogP contribution in [0.15, 0.2) is 24.3 Å². The number of ether oxygens (including phenoxy) is 5. The second-order valence-corrected chi connectivity index (χ2v) is 8.67. The number of rotatable bonds is 16. The lowest BCUT2D eigenvalue weighted by Crippen LogP contribution is -2.34. The van der Waals surface area contributed by atoms with E-state index >= 15 is 0 Å². The van der Waals surface area contributed by atoms with Crippen molar-refractivity contribution in [1.82, 2.24) is 5.32 Å². The summed E-state index contributed by atoms with van der Waals surface area (Å²) in [5.41, 5.74) is 0.433. The minimum absolute atomic E-state index is 0.0285. The summed E-state index contributed by atoms with van der Waals surface area (Å²) in [6.45, 7) is 11.7. The van der Waals surface area contributed by atoms with Crippen LogP contribution < -0.4 is 10.1 Å². The van der Waals surface area contributed by atoms with E-state index in [2.05, 4.69) is 5.32 Å². The number of esters is 1. The second-order valence-electron chi connectivity index (χ2n) is 8.67. The number of carbonyl (C=O) groups excluding carboxylic acids is 2. The van der Waals surface area contributed by atoms with Crippen molar-refractivity contribution in [2.24, 2.45) is 0 Å². The van der Waals surface area contributed by atoms with E-state index in [-0.39, 0.29) is 18.6 Å². The average molecular weight is 468 g/mol. The molecule has 0 aliphatic carbocycles. The summed E-state index contributed by atoms with van der Waals surface area (Å²) in [4.78, 5) is 23.1. The van der Waals surface area contributed by atoms with Gasteiger partial charge in [0.1, 0.15) is 18.0 Å². The van der Waals surface area contributed by atoms with E-state index in [1.54, 1.807) is 6.92 Å². The second kappa shape index (κ2) is 16.3. The largest absolute Gasteiger partial charge is 0.494 e. The van der Waals surface area contributed by atoms with E-state index in [4.69, 9.17) is 23.7 Å². The molecule has 1 N–H and O–H groups in total. The number of hydrogen-bond acceptors (Lipinski definition) is 7. The quantitative estimate of drug-likeness (QED) is 0.275. The molecule has 0 aliphatic heterocycles. The Kier molecular flexibility index (Phi) is 14.2. The number of amides is 1. The van der Waals surface area contributed by atoms with Crippen LogP contribution in [-0.4, -0.2) is 57.3 Å². The standard InChI is InChI=1S/C25H41NO7/c1-6-31-23(27)19-30-17-16-29-14-9-7-8-10-15-32-22-13-11-12-21(18-22)20(2)26-24(28)33-25(3,4)5/h11-13,18,20H,6-10,14-17,19H2,1-5H3,(H,26,28)/t20-/m0/s1. The van der Waals surface area contributed by atoms with Crippen molar-refractivity contribution in [3.63, 3.8) is 0 Å². The van der Waals surface area contributed by atoms with Crippen LogP contribution in [-0.2, 0) is 23.7 Å². The molecule has 0 saturated carbocycles. The number of unbranched alkanes of at least 4 members (excludes halogenated alkanes) is 3. The zero-order valence-electron chi connectivity index (χ0n) is 20.8. The molecule has 0 saturated heterocycles. The number of carbonyl (C=O) groups is 2. The van der Waals surface area contributed by atoms with Crippen LogP contribution in [0.1, 0.15) is 71.9 Å².